The second kappa shape index (κ2) is 7.80. The zero-order valence-electron chi connectivity index (χ0n) is 13.1. The first kappa shape index (κ1) is 16.3. The molecule has 0 radical (unpaired) electrons. The monoisotopic (exact) mass is 412 g/mol. The van der Waals surface area contributed by atoms with E-state index in [1.807, 2.05) is 0 Å². The zero-order valence-corrected chi connectivity index (χ0v) is 15.3. The van der Waals surface area contributed by atoms with Gasteiger partial charge in [0.2, 0.25) is 0 Å². The zero-order chi connectivity index (χ0) is 15.4. The van der Waals surface area contributed by atoms with Gasteiger partial charge in [-0.25, -0.2) is 0 Å². The smallest absolute Gasteiger partial charge is 0.309 e. The molecule has 0 N–H and O–H groups in total. The summed E-state index contributed by atoms with van der Waals surface area (Å²) in [5, 5.41) is 0. The molecule has 1 saturated heterocycles. The standard InChI is InChI=1S/C19H25IO2/c20-12-2-1-3-14-4-6-15(7-5-14)16-8-10-17(11-9-16)18-13-19(21)22-18/h4-7,16-18H,1-3,8-13H2. The van der Waals surface area contributed by atoms with Crippen molar-refractivity contribution in [3.8, 4) is 0 Å². The van der Waals surface area contributed by atoms with Gasteiger partial charge in [0.05, 0.1) is 6.42 Å². The van der Waals surface area contributed by atoms with Crippen LogP contribution in [-0.2, 0) is 16.0 Å². The Morgan fingerprint density at radius 1 is 1.05 bits per heavy atom. The van der Waals surface area contributed by atoms with Crippen molar-refractivity contribution in [1.29, 1.82) is 0 Å². The van der Waals surface area contributed by atoms with Crippen LogP contribution in [0.4, 0.5) is 0 Å². The van der Waals surface area contributed by atoms with Gasteiger partial charge in [-0.2, -0.15) is 0 Å². The van der Waals surface area contributed by atoms with Gasteiger partial charge in [0.1, 0.15) is 6.10 Å². The predicted molar refractivity (Wildman–Crippen MR) is 97.5 cm³/mol. The summed E-state index contributed by atoms with van der Waals surface area (Å²) in [5.74, 6) is 1.31. The van der Waals surface area contributed by atoms with E-state index in [1.165, 1.54) is 60.5 Å². The van der Waals surface area contributed by atoms with Gasteiger partial charge < -0.3 is 4.74 Å². The van der Waals surface area contributed by atoms with E-state index in [1.54, 1.807) is 0 Å². The molecule has 0 spiro atoms. The van der Waals surface area contributed by atoms with Crippen LogP contribution in [0.2, 0.25) is 0 Å². The lowest BCUT2D eigenvalue weighted by Crippen LogP contribution is -2.40. The molecule has 1 atom stereocenters. The summed E-state index contributed by atoms with van der Waals surface area (Å²) in [4.78, 5) is 10.9. The lowest BCUT2D eigenvalue weighted by atomic mass is 9.75. The van der Waals surface area contributed by atoms with Gasteiger partial charge in [0.25, 0.3) is 0 Å². The number of unbranched alkanes of at least 4 members (excludes halogenated alkanes) is 1. The molecular weight excluding hydrogens is 387 g/mol. The Kier molecular flexibility index (Phi) is 5.77. The van der Waals surface area contributed by atoms with Crippen molar-refractivity contribution in [3.63, 3.8) is 0 Å². The SMILES string of the molecule is O=C1CC(C2CCC(c3ccc(CCCCI)cc3)CC2)O1. The fourth-order valence-corrected chi connectivity index (χ4v) is 4.33. The minimum Gasteiger partial charge on any atom is -0.461 e. The highest BCUT2D eigenvalue weighted by molar-refractivity contribution is 14.1. The first-order valence-corrected chi connectivity index (χ1v) is 10.1. The number of benzene rings is 1. The molecule has 1 aliphatic heterocycles. The van der Waals surface area contributed by atoms with E-state index in [-0.39, 0.29) is 12.1 Å². The van der Waals surface area contributed by atoms with Crippen molar-refractivity contribution in [2.24, 2.45) is 5.92 Å². The summed E-state index contributed by atoms with van der Waals surface area (Å²) in [6, 6.07) is 9.33. The minimum atomic E-state index is -0.00900. The second-order valence-corrected chi connectivity index (χ2v) is 7.81. The molecule has 0 aromatic heterocycles. The van der Waals surface area contributed by atoms with Gasteiger partial charge in [-0.1, -0.05) is 46.9 Å². The number of rotatable bonds is 6. The number of alkyl halides is 1. The van der Waals surface area contributed by atoms with Crippen LogP contribution in [0.3, 0.4) is 0 Å². The second-order valence-electron chi connectivity index (χ2n) is 6.73. The Hall–Kier alpha value is -0.580. The number of aryl methyl sites for hydroxylation is 1. The Bertz CT molecular complexity index is 481. The third kappa shape index (κ3) is 4.03. The van der Waals surface area contributed by atoms with Crippen LogP contribution < -0.4 is 0 Å². The van der Waals surface area contributed by atoms with Crippen LogP contribution in [0.15, 0.2) is 24.3 Å². The Labute approximate surface area is 147 Å². The molecule has 1 unspecified atom stereocenters. The average molecular weight is 412 g/mol. The Morgan fingerprint density at radius 3 is 2.32 bits per heavy atom. The van der Waals surface area contributed by atoms with E-state index in [4.69, 9.17) is 4.74 Å². The van der Waals surface area contributed by atoms with Crippen molar-refractivity contribution in [3.05, 3.63) is 35.4 Å². The average Bonchev–Trinajstić information content (AvgIpc) is 2.53. The summed E-state index contributed by atoms with van der Waals surface area (Å²) >= 11 is 2.45. The normalized spacial score (nSPS) is 28.0. The molecule has 0 amide bonds. The van der Waals surface area contributed by atoms with E-state index < -0.39 is 0 Å². The van der Waals surface area contributed by atoms with Crippen LogP contribution in [0.25, 0.3) is 0 Å². The van der Waals surface area contributed by atoms with Crippen molar-refractivity contribution in [1.82, 2.24) is 0 Å². The quantitative estimate of drug-likeness (QED) is 0.284. The fourth-order valence-electron chi connectivity index (χ4n) is 3.79. The summed E-state index contributed by atoms with van der Waals surface area (Å²) in [6.45, 7) is 0. The number of ether oxygens (including phenoxy) is 1. The first-order valence-electron chi connectivity index (χ1n) is 8.60. The van der Waals surface area contributed by atoms with Crippen LogP contribution in [0.5, 0.6) is 0 Å². The topological polar surface area (TPSA) is 26.3 Å². The van der Waals surface area contributed by atoms with Crippen LogP contribution in [-0.4, -0.2) is 16.5 Å². The molecule has 3 rings (SSSR count). The minimum absolute atomic E-state index is 0.00900. The maximum Gasteiger partial charge on any atom is 0.309 e. The van der Waals surface area contributed by atoms with Crippen LogP contribution in [0.1, 0.15) is 62.0 Å². The van der Waals surface area contributed by atoms with Gasteiger partial charge in [-0.3, -0.25) is 4.79 Å². The third-order valence-electron chi connectivity index (χ3n) is 5.25. The maximum atomic E-state index is 10.9. The van der Waals surface area contributed by atoms with Gasteiger partial charge >= 0.3 is 5.97 Å². The van der Waals surface area contributed by atoms with E-state index in [9.17, 15) is 4.79 Å². The van der Waals surface area contributed by atoms with Crippen molar-refractivity contribution in [2.75, 3.05) is 4.43 Å². The van der Waals surface area contributed by atoms with Gasteiger partial charge in [0.15, 0.2) is 0 Å². The molecule has 2 aliphatic rings. The molecular formula is C19H25IO2. The van der Waals surface area contributed by atoms with Crippen molar-refractivity contribution >= 4 is 28.6 Å². The molecule has 2 nitrogen and oxygen atoms in total. The number of carbonyl (C=O) groups is 1. The highest BCUT2D eigenvalue weighted by Crippen LogP contribution is 2.40. The number of carbonyl (C=O) groups excluding carboxylic acids is 1. The molecule has 1 aliphatic carbocycles. The van der Waals surface area contributed by atoms with E-state index in [0.717, 1.165) is 0 Å². The molecule has 120 valence electrons. The van der Waals surface area contributed by atoms with Crippen molar-refractivity contribution in [2.45, 2.75) is 63.4 Å². The number of hydrogen-bond donors (Lipinski definition) is 0. The van der Waals surface area contributed by atoms with Crippen molar-refractivity contribution < 1.29 is 9.53 Å². The number of hydrogen-bond acceptors (Lipinski definition) is 2. The highest BCUT2D eigenvalue weighted by Gasteiger charge is 2.37. The number of esters is 1. The molecule has 0 bridgehead atoms. The predicted octanol–water partition coefficient (Wildman–Crippen LogP) is 5.03. The molecule has 1 heterocycles. The van der Waals surface area contributed by atoms with Crippen LogP contribution >= 0.6 is 22.6 Å². The number of halogens is 1. The lowest BCUT2D eigenvalue weighted by Gasteiger charge is -2.37. The van der Waals surface area contributed by atoms with Crippen LogP contribution in [0, 0.1) is 5.92 Å². The van der Waals surface area contributed by atoms with Gasteiger partial charge in [-0.15, -0.1) is 0 Å². The fraction of sp³-hybridized carbons (Fsp3) is 0.632. The molecule has 1 aromatic rings. The summed E-state index contributed by atoms with van der Waals surface area (Å²) in [7, 11) is 0. The molecule has 2 fully saturated rings. The molecule has 1 aromatic carbocycles. The summed E-state index contributed by atoms with van der Waals surface area (Å²) in [5.41, 5.74) is 2.98. The molecule has 3 heteroatoms. The summed E-state index contributed by atoms with van der Waals surface area (Å²) in [6.07, 6.45) is 9.61. The van der Waals surface area contributed by atoms with Gasteiger partial charge in [-0.05, 0) is 72.3 Å². The first-order chi connectivity index (χ1) is 10.8. The molecule has 22 heavy (non-hydrogen) atoms. The van der Waals surface area contributed by atoms with E-state index >= 15 is 0 Å². The van der Waals surface area contributed by atoms with E-state index in [2.05, 4.69) is 46.9 Å². The maximum absolute atomic E-state index is 10.9. The third-order valence-corrected chi connectivity index (χ3v) is 6.01. The van der Waals surface area contributed by atoms with E-state index in [0.29, 0.717) is 18.3 Å². The highest BCUT2D eigenvalue weighted by atomic mass is 127. The van der Waals surface area contributed by atoms with Gasteiger partial charge in [0, 0.05) is 0 Å². The molecule has 1 saturated carbocycles. The Balaban J connectivity index is 1.47. The lowest BCUT2D eigenvalue weighted by molar-refractivity contribution is -0.176. The Morgan fingerprint density at radius 2 is 1.73 bits per heavy atom. The summed E-state index contributed by atoms with van der Waals surface area (Å²) < 4.78 is 6.50. The number of cyclic esters (lactones) is 1. The largest absolute Gasteiger partial charge is 0.461 e.